The van der Waals surface area contributed by atoms with E-state index in [0.29, 0.717) is 23.0 Å². The van der Waals surface area contributed by atoms with Gasteiger partial charge < -0.3 is 4.52 Å². The van der Waals surface area contributed by atoms with E-state index in [1.54, 1.807) is 11.6 Å². The fourth-order valence-corrected chi connectivity index (χ4v) is 1.85. The average molecular weight is 274 g/mol. The summed E-state index contributed by atoms with van der Waals surface area (Å²) in [5.41, 5.74) is 2.17. The Morgan fingerprint density at radius 2 is 1.95 bits per heavy atom. The Bertz CT molecular complexity index is 778. The minimum Gasteiger partial charge on any atom is -0.311 e. The van der Waals surface area contributed by atoms with Crippen LogP contribution in [0.4, 0.5) is 11.7 Å². The van der Waals surface area contributed by atoms with Gasteiger partial charge in [0.15, 0.2) is 11.5 Å². The van der Waals surface area contributed by atoms with E-state index in [4.69, 9.17) is 4.52 Å². The normalized spacial score (nSPS) is 12.2. The molecule has 0 radical (unpaired) electrons. The third-order valence-electron chi connectivity index (χ3n) is 2.74. The summed E-state index contributed by atoms with van der Waals surface area (Å²) in [5.74, 6) is 1.41. The minimum absolute atomic E-state index is 0.118. The zero-order valence-electron chi connectivity index (χ0n) is 11.6. The zero-order valence-corrected chi connectivity index (χ0v) is 11.6. The molecule has 9 heteroatoms. The first kappa shape index (κ1) is 12.5. The van der Waals surface area contributed by atoms with Crippen molar-refractivity contribution in [2.75, 3.05) is 0 Å². The van der Waals surface area contributed by atoms with Gasteiger partial charge in [0.05, 0.1) is 5.69 Å². The molecule has 0 aromatic carbocycles. The second kappa shape index (κ2) is 4.51. The fraction of sp³-hybridized carbons (Fsp3) is 0.455. The molecule has 0 amide bonds. The lowest BCUT2D eigenvalue weighted by molar-refractivity contribution is 0.421. The lowest BCUT2D eigenvalue weighted by Gasteiger charge is -2.00. The summed E-state index contributed by atoms with van der Waals surface area (Å²) in [4.78, 5) is 8.31. The molecule has 0 atom stereocenters. The smallest absolute Gasteiger partial charge is 0.311 e. The number of rotatable bonds is 3. The number of aryl methyl sites for hydroxylation is 2. The van der Waals surface area contributed by atoms with Crippen molar-refractivity contribution in [3.63, 3.8) is 0 Å². The van der Waals surface area contributed by atoms with Crippen molar-refractivity contribution in [2.24, 2.45) is 10.2 Å². The molecule has 0 spiro atoms. The maximum Gasteiger partial charge on any atom is 0.366 e. The summed E-state index contributed by atoms with van der Waals surface area (Å²) in [6.07, 6.45) is 0. The molecule has 104 valence electrons. The highest BCUT2D eigenvalue weighted by molar-refractivity contribution is 5.66. The molecule has 3 heterocycles. The lowest BCUT2D eigenvalue weighted by Crippen LogP contribution is -1.92. The van der Waals surface area contributed by atoms with Gasteiger partial charge in [-0.1, -0.05) is 24.1 Å². The topological polar surface area (TPSA) is 110 Å². The predicted octanol–water partition coefficient (Wildman–Crippen LogP) is 2.60. The fourth-order valence-electron chi connectivity index (χ4n) is 1.85. The molecule has 0 aliphatic carbocycles. The Hall–Kier alpha value is -2.58. The molecule has 3 aromatic rings. The standard InChI is InChI=1S/C11H14N8O/c1-5(2)8-9(10-12-6(3)16-19(10)17-8)14-15-11-13-7(4)18-20-11/h5,17H,1-4H3. The molecule has 0 aliphatic heterocycles. The summed E-state index contributed by atoms with van der Waals surface area (Å²) in [6, 6.07) is 0.118. The molecule has 0 aliphatic rings. The molecule has 3 aromatic heterocycles. The van der Waals surface area contributed by atoms with Gasteiger partial charge in [-0.2, -0.15) is 9.61 Å². The van der Waals surface area contributed by atoms with Crippen molar-refractivity contribution < 1.29 is 4.52 Å². The number of hydrogen-bond acceptors (Lipinski definition) is 7. The highest BCUT2D eigenvalue weighted by Crippen LogP contribution is 2.30. The number of H-pyrrole nitrogens is 1. The van der Waals surface area contributed by atoms with Crippen molar-refractivity contribution in [3.05, 3.63) is 17.3 Å². The van der Waals surface area contributed by atoms with Gasteiger partial charge in [-0.3, -0.25) is 5.10 Å². The number of azo groups is 1. The SMILES string of the molecule is Cc1noc(N=Nc2c(C(C)C)[nH]n3nc(C)nc23)n1. The molecule has 9 nitrogen and oxygen atoms in total. The Morgan fingerprint density at radius 1 is 1.15 bits per heavy atom. The lowest BCUT2D eigenvalue weighted by atomic mass is 10.1. The van der Waals surface area contributed by atoms with Crippen LogP contribution in [0.3, 0.4) is 0 Å². The third-order valence-corrected chi connectivity index (χ3v) is 2.74. The Morgan fingerprint density at radius 3 is 2.60 bits per heavy atom. The molecule has 0 bridgehead atoms. The molecule has 0 saturated heterocycles. The van der Waals surface area contributed by atoms with Crippen molar-refractivity contribution in [2.45, 2.75) is 33.6 Å². The van der Waals surface area contributed by atoms with Crippen LogP contribution >= 0.6 is 0 Å². The van der Waals surface area contributed by atoms with Gasteiger partial charge in [-0.25, -0.2) is 4.98 Å². The number of nitrogens with one attached hydrogen (secondary N) is 1. The van der Waals surface area contributed by atoms with Crippen LogP contribution in [-0.4, -0.2) is 30.0 Å². The molecule has 0 unspecified atom stereocenters. The summed E-state index contributed by atoms with van der Waals surface area (Å²) in [5, 5.41) is 19.2. The van der Waals surface area contributed by atoms with Gasteiger partial charge >= 0.3 is 6.01 Å². The van der Waals surface area contributed by atoms with Gasteiger partial charge in [0, 0.05) is 0 Å². The van der Waals surface area contributed by atoms with Gasteiger partial charge in [0.2, 0.25) is 5.65 Å². The average Bonchev–Trinajstić information content (AvgIpc) is 3.01. The molecule has 3 rings (SSSR count). The van der Waals surface area contributed by atoms with Gasteiger partial charge in [-0.15, -0.1) is 10.2 Å². The molecular weight excluding hydrogens is 260 g/mol. The van der Waals surface area contributed by atoms with Crippen LogP contribution in [0.2, 0.25) is 0 Å². The largest absolute Gasteiger partial charge is 0.366 e. The van der Waals surface area contributed by atoms with E-state index >= 15 is 0 Å². The zero-order chi connectivity index (χ0) is 14.3. The van der Waals surface area contributed by atoms with Gasteiger partial charge in [0.25, 0.3) is 0 Å². The number of fused-ring (bicyclic) bond motifs is 1. The van der Waals surface area contributed by atoms with Crippen LogP contribution in [-0.2, 0) is 0 Å². The van der Waals surface area contributed by atoms with Crippen LogP contribution in [0.25, 0.3) is 5.65 Å². The molecule has 0 fully saturated rings. The monoisotopic (exact) mass is 274 g/mol. The summed E-state index contributed by atoms with van der Waals surface area (Å²) < 4.78 is 6.50. The quantitative estimate of drug-likeness (QED) is 0.738. The number of aromatic nitrogens is 6. The van der Waals surface area contributed by atoms with Crippen molar-refractivity contribution >= 4 is 17.3 Å². The number of aromatic amines is 1. The van der Waals surface area contributed by atoms with Gasteiger partial charge in [0.1, 0.15) is 5.82 Å². The Labute approximate surface area is 114 Å². The molecule has 20 heavy (non-hydrogen) atoms. The first-order valence-corrected chi connectivity index (χ1v) is 6.22. The maximum atomic E-state index is 4.91. The summed E-state index contributed by atoms with van der Waals surface area (Å²) >= 11 is 0. The van der Waals surface area contributed by atoms with Crippen molar-refractivity contribution in [1.82, 2.24) is 30.0 Å². The predicted molar refractivity (Wildman–Crippen MR) is 69.4 cm³/mol. The van der Waals surface area contributed by atoms with Crippen molar-refractivity contribution in [1.29, 1.82) is 0 Å². The number of nitrogens with zero attached hydrogens (tertiary/aromatic N) is 7. The first-order chi connectivity index (χ1) is 9.54. The third kappa shape index (κ3) is 2.06. The summed E-state index contributed by atoms with van der Waals surface area (Å²) in [6.45, 7) is 7.64. The van der Waals surface area contributed by atoms with E-state index in [2.05, 4.69) is 35.6 Å². The van der Waals surface area contributed by atoms with Crippen molar-refractivity contribution in [3.8, 4) is 0 Å². The molecular formula is C11H14N8O. The highest BCUT2D eigenvalue weighted by atomic mass is 16.5. The van der Waals surface area contributed by atoms with E-state index in [0.717, 1.165) is 5.69 Å². The Balaban J connectivity index is 2.08. The summed E-state index contributed by atoms with van der Waals surface area (Å²) in [7, 11) is 0. The molecule has 1 N–H and O–H groups in total. The second-order valence-electron chi connectivity index (χ2n) is 4.75. The van der Waals surface area contributed by atoms with Crippen LogP contribution in [0.5, 0.6) is 0 Å². The first-order valence-electron chi connectivity index (χ1n) is 6.22. The Kier molecular flexibility index (Phi) is 2.81. The van der Waals surface area contributed by atoms with E-state index in [1.165, 1.54) is 0 Å². The van der Waals surface area contributed by atoms with Crippen LogP contribution in [0, 0.1) is 13.8 Å². The minimum atomic E-state index is 0.118. The highest BCUT2D eigenvalue weighted by Gasteiger charge is 2.17. The van der Waals surface area contributed by atoms with E-state index < -0.39 is 0 Å². The van der Waals surface area contributed by atoms with Gasteiger partial charge in [-0.05, 0) is 19.8 Å². The maximum absolute atomic E-state index is 4.91. The van der Waals surface area contributed by atoms with Crippen LogP contribution in [0.15, 0.2) is 14.8 Å². The van der Waals surface area contributed by atoms with E-state index in [9.17, 15) is 0 Å². The van der Waals surface area contributed by atoms with E-state index in [-0.39, 0.29) is 11.9 Å². The van der Waals surface area contributed by atoms with E-state index in [1.807, 2.05) is 20.8 Å². The number of hydrogen-bond donors (Lipinski definition) is 1. The molecule has 0 saturated carbocycles. The second-order valence-corrected chi connectivity index (χ2v) is 4.75. The van der Waals surface area contributed by atoms with Crippen LogP contribution < -0.4 is 0 Å². The van der Waals surface area contributed by atoms with Crippen LogP contribution in [0.1, 0.15) is 37.1 Å².